The Labute approximate surface area is 161 Å². The van der Waals surface area contributed by atoms with Crippen molar-refractivity contribution in [3.63, 3.8) is 0 Å². The van der Waals surface area contributed by atoms with E-state index in [9.17, 15) is 0 Å². The summed E-state index contributed by atoms with van der Waals surface area (Å²) in [6, 6.07) is 22.2. The first-order valence-corrected chi connectivity index (χ1v) is 9.23. The Bertz CT molecular complexity index is 849. The Morgan fingerprint density at radius 1 is 0.960 bits per heavy atom. The van der Waals surface area contributed by atoms with E-state index < -0.39 is 0 Å². The zero-order valence-corrected chi connectivity index (χ0v) is 16.3. The number of halogens is 2. The minimum atomic E-state index is 0.486. The molecule has 2 nitrogen and oxygen atoms in total. The highest BCUT2D eigenvalue weighted by Crippen LogP contribution is 2.27. The highest BCUT2D eigenvalue weighted by molar-refractivity contribution is 9.10. The molecule has 3 rings (SSSR count). The third kappa shape index (κ3) is 5.25. The van der Waals surface area contributed by atoms with Gasteiger partial charge in [-0.1, -0.05) is 47.5 Å². The van der Waals surface area contributed by atoms with Crippen LogP contribution in [0, 0.1) is 6.92 Å². The van der Waals surface area contributed by atoms with Crippen LogP contribution in [0.15, 0.2) is 71.2 Å². The van der Waals surface area contributed by atoms with Gasteiger partial charge in [-0.15, -0.1) is 0 Å². The van der Waals surface area contributed by atoms with E-state index in [0.717, 1.165) is 33.0 Å². The molecule has 0 aromatic heterocycles. The maximum Gasteiger partial charge on any atom is 0.134 e. The van der Waals surface area contributed by atoms with E-state index in [0.29, 0.717) is 6.61 Å². The highest BCUT2D eigenvalue weighted by Gasteiger charge is 2.04. The first-order chi connectivity index (χ1) is 12.1. The van der Waals surface area contributed by atoms with E-state index in [-0.39, 0.29) is 0 Å². The van der Waals surface area contributed by atoms with Gasteiger partial charge in [0.2, 0.25) is 0 Å². The zero-order chi connectivity index (χ0) is 17.6. The Morgan fingerprint density at radius 3 is 2.48 bits per heavy atom. The van der Waals surface area contributed by atoms with E-state index in [1.165, 1.54) is 11.1 Å². The van der Waals surface area contributed by atoms with Gasteiger partial charge in [0, 0.05) is 17.3 Å². The standard InChI is InChI=1S/C21H19BrClNO/c1-15-5-8-19(9-6-15)24-13-16-7-10-21(20(22)12-16)25-14-17-3-2-4-18(23)11-17/h2-12,24H,13-14H2,1H3. The maximum absolute atomic E-state index is 6.00. The molecule has 3 aromatic carbocycles. The van der Waals surface area contributed by atoms with Crippen molar-refractivity contribution in [1.82, 2.24) is 0 Å². The molecule has 0 aliphatic carbocycles. The molecule has 0 aliphatic heterocycles. The van der Waals surface area contributed by atoms with Gasteiger partial charge in [0.15, 0.2) is 0 Å². The van der Waals surface area contributed by atoms with Crippen LogP contribution in [0.25, 0.3) is 0 Å². The van der Waals surface area contributed by atoms with E-state index in [1.807, 2.05) is 30.3 Å². The first kappa shape index (κ1) is 17.8. The lowest BCUT2D eigenvalue weighted by atomic mass is 10.2. The molecular formula is C21H19BrClNO. The molecule has 0 fully saturated rings. The summed E-state index contributed by atoms with van der Waals surface area (Å²) in [5, 5.41) is 4.14. The third-order valence-corrected chi connectivity index (χ3v) is 4.68. The fraction of sp³-hybridized carbons (Fsp3) is 0.143. The quantitative estimate of drug-likeness (QED) is 0.488. The Kier molecular flexibility index (Phi) is 6.00. The molecule has 0 unspecified atom stereocenters. The summed E-state index contributed by atoms with van der Waals surface area (Å²) < 4.78 is 6.83. The van der Waals surface area contributed by atoms with Crippen molar-refractivity contribution < 1.29 is 4.74 Å². The molecule has 0 atom stereocenters. The third-order valence-electron chi connectivity index (χ3n) is 3.83. The predicted molar refractivity (Wildman–Crippen MR) is 108 cm³/mol. The van der Waals surface area contributed by atoms with E-state index in [1.54, 1.807) is 0 Å². The minimum absolute atomic E-state index is 0.486. The Hall–Kier alpha value is -1.97. The molecule has 0 spiro atoms. The normalized spacial score (nSPS) is 10.5. The number of rotatable bonds is 6. The van der Waals surface area contributed by atoms with Gasteiger partial charge in [-0.25, -0.2) is 0 Å². The molecule has 25 heavy (non-hydrogen) atoms. The van der Waals surface area contributed by atoms with Crippen molar-refractivity contribution in [2.24, 2.45) is 0 Å². The van der Waals surface area contributed by atoms with Crippen molar-refractivity contribution in [1.29, 1.82) is 0 Å². The van der Waals surface area contributed by atoms with Gasteiger partial charge in [-0.3, -0.25) is 0 Å². The molecule has 3 aromatic rings. The monoisotopic (exact) mass is 415 g/mol. The summed E-state index contributed by atoms with van der Waals surface area (Å²) in [6.45, 7) is 3.33. The van der Waals surface area contributed by atoms with Gasteiger partial charge < -0.3 is 10.1 Å². The van der Waals surface area contributed by atoms with Gasteiger partial charge in [0.1, 0.15) is 12.4 Å². The lowest BCUT2D eigenvalue weighted by Crippen LogP contribution is -2.00. The molecular weight excluding hydrogens is 398 g/mol. The van der Waals surface area contributed by atoms with Crippen LogP contribution < -0.4 is 10.1 Å². The second-order valence-electron chi connectivity index (χ2n) is 5.90. The van der Waals surface area contributed by atoms with Crippen LogP contribution in [-0.2, 0) is 13.2 Å². The van der Waals surface area contributed by atoms with Crippen molar-refractivity contribution in [2.75, 3.05) is 5.32 Å². The van der Waals surface area contributed by atoms with Crippen LogP contribution in [0.5, 0.6) is 5.75 Å². The SMILES string of the molecule is Cc1ccc(NCc2ccc(OCc3cccc(Cl)c3)c(Br)c2)cc1. The van der Waals surface area contributed by atoms with Crippen LogP contribution in [0.4, 0.5) is 5.69 Å². The number of ether oxygens (including phenoxy) is 1. The largest absolute Gasteiger partial charge is 0.488 e. The number of aryl methyl sites for hydroxylation is 1. The number of nitrogens with one attached hydrogen (secondary N) is 1. The molecule has 0 amide bonds. The molecule has 0 bridgehead atoms. The highest BCUT2D eigenvalue weighted by atomic mass is 79.9. The topological polar surface area (TPSA) is 21.3 Å². The Balaban J connectivity index is 1.59. The van der Waals surface area contributed by atoms with Crippen LogP contribution >= 0.6 is 27.5 Å². The lowest BCUT2D eigenvalue weighted by molar-refractivity contribution is 0.304. The second kappa shape index (κ2) is 8.41. The summed E-state index contributed by atoms with van der Waals surface area (Å²) >= 11 is 9.59. The van der Waals surface area contributed by atoms with Crippen molar-refractivity contribution in [2.45, 2.75) is 20.1 Å². The summed E-state index contributed by atoms with van der Waals surface area (Å²) in [5.41, 5.74) is 4.60. The number of benzene rings is 3. The number of anilines is 1. The lowest BCUT2D eigenvalue weighted by Gasteiger charge is -2.11. The predicted octanol–water partition coefficient (Wildman–Crippen LogP) is 6.60. The average molecular weight is 417 g/mol. The van der Waals surface area contributed by atoms with Crippen molar-refractivity contribution >= 4 is 33.2 Å². The summed E-state index contributed by atoms with van der Waals surface area (Å²) in [7, 11) is 0. The fourth-order valence-electron chi connectivity index (χ4n) is 2.43. The Morgan fingerprint density at radius 2 is 1.76 bits per heavy atom. The number of hydrogen-bond acceptors (Lipinski definition) is 2. The average Bonchev–Trinajstić information content (AvgIpc) is 2.60. The second-order valence-corrected chi connectivity index (χ2v) is 7.19. The molecule has 1 N–H and O–H groups in total. The van der Waals surface area contributed by atoms with Gasteiger partial charge in [0.05, 0.1) is 4.47 Å². The van der Waals surface area contributed by atoms with Crippen molar-refractivity contribution in [3.8, 4) is 5.75 Å². The zero-order valence-electron chi connectivity index (χ0n) is 13.9. The minimum Gasteiger partial charge on any atom is -0.488 e. The number of hydrogen-bond donors (Lipinski definition) is 1. The van der Waals surface area contributed by atoms with Gasteiger partial charge in [-0.2, -0.15) is 0 Å². The van der Waals surface area contributed by atoms with Crippen molar-refractivity contribution in [3.05, 3.63) is 92.9 Å². The summed E-state index contributed by atoms with van der Waals surface area (Å²) in [5.74, 6) is 0.819. The molecule has 0 aliphatic rings. The van der Waals surface area contributed by atoms with E-state index in [4.69, 9.17) is 16.3 Å². The molecule has 4 heteroatoms. The first-order valence-electron chi connectivity index (χ1n) is 8.06. The van der Waals surface area contributed by atoms with Gasteiger partial charge >= 0.3 is 0 Å². The van der Waals surface area contributed by atoms with Gasteiger partial charge in [0.25, 0.3) is 0 Å². The van der Waals surface area contributed by atoms with Crippen LogP contribution in [0.3, 0.4) is 0 Å². The molecule has 128 valence electrons. The molecule has 0 radical (unpaired) electrons. The van der Waals surface area contributed by atoms with E-state index in [2.05, 4.69) is 64.6 Å². The summed E-state index contributed by atoms with van der Waals surface area (Å²) in [4.78, 5) is 0. The molecule has 0 heterocycles. The van der Waals surface area contributed by atoms with Gasteiger partial charge in [-0.05, 0) is 70.4 Å². The molecule has 0 saturated heterocycles. The van der Waals surface area contributed by atoms with Crippen LogP contribution in [0.2, 0.25) is 5.02 Å². The van der Waals surface area contributed by atoms with Crippen LogP contribution in [0.1, 0.15) is 16.7 Å². The van der Waals surface area contributed by atoms with E-state index >= 15 is 0 Å². The molecule has 0 saturated carbocycles. The smallest absolute Gasteiger partial charge is 0.134 e. The summed E-state index contributed by atoms with van der Waals surface area (Å²) in [6.07, 6.45) is 0. The maximum atomic E-state index is 6.00. The fourth-order valence-corrected chi connectivity index (χ4v) is 3.19. The van der Waals surface area contributed by atoms with Crippen LogP contribution in [-0.4, -0.2) is 0 Å².